The molecule has 1 aromatic heterocycles. The predicted octanol–water partition coefficient (Wildman–Crippen LogP) is 1.10. The first kappa shape index (κ1) is 9.74. The Hall–Kier alpha value is -0.800. The van der Waals surface area contributed by atoms with Crippen molar-refractivity contribution in [2.45, 2.75) is 19.4 Å². The van der Waals surface area contributed by atoms with E-state index in [1.54, 1.807) is 0 Å². The summed E-state index contributed by atoms with van der Waals surface area (Å²) in [6.45, 7) is 4.55. The molecule has 3 heteroatoms. The molecule has 2 rings (SSSR count). The van der Waals surface area contributed by atoms with Crippen LogP contribution < -0.4 is 10.6 Å². The third kappa shape index (κ3) is 2.86. The Morgan fingerprint density at radius 2 is 2.50 bits per heavy atom. The Labute approximate surface area is 85.3 Å². The summed E-state index contributed by atoms with van der Waals surface area (Å²) in [5, 5.41) is 6.86. The van der Waals surface area contributed by atoms with Crippen LogP contribution in [0.25, 0.3) is 0 Å². The van der Waals surface area contributed by atoms with Crippen molar-refractivity contribution in [3.8, 4) is 0 Å². The van der Waals surface area contributed by atoms with Gasteiger partial charge in [-0.05, 0) is 50.0 Å². The monoisotopic (exact) mass is 193 g/mol. The summed E-state index contributed by atoms with van der Waals surface area (Å²) < 4.78 is 0. The minimum atomic E-state index is 0.897. The van der Waals surface area contributed by atoms with Crippen molar-refractivity contribution >= 4 is 0 Å². The lowest BCUT2D eigenvalue weighted by Crippen LogP contribution is -2.18. The second kappa shape index (κ2) is 5.17. The van der Waals surface area contributed by atoms with Gasteiger partial charge in [-0.2, -0.15) is 0 Å². The molecule has 1 atom stereocenters. The van der Waals surface area contributed by atoms with Crippen LogP contribution in [0.3, 0.4) is 0 Å². The van der Waals surface area contributed by atoms with Crippen molar-refractivity contribution < 1.29 is 0 Å². The molecule has 1 aliphatic heterocycles. The van der Waals surface area contributed by atoms with Crippen LogP contribution >= 0.6 is 0 Å². The van der Waals surface area contributed by atoms with Crippen molar-refractivity contribution in [3.05, 3.63) is 24.0 Å². The quantitative estimate of drug-likeness (QED) is 0.613. The largest absolute Gasteiger partial charge is 0.367 e. The summed E-state index contributed by atoms with van der Waals surface area (Å²) in [5.74, 6) is 0.897. The molecule has 0 saturated carbocycles. The molecule has 1 unspecified atom stereocenters. The van der Waals surface area contributed by atoms with E-state index in [4.69, 9.17) is 0 Å². The molecular formula is C11H19N3. The van der Waals surface area contributed by atoms with E-state index in [1.165, 1.54) is 31.5 Å². The minimum Gasteiger partial charge on any atom is -0.367 e. The SMILES string of the molecule is c1cc(CNCCC2CCNC2)c[nH]1. The molecule has 0 amide bonds. The summed E-state index contributed by atoms with van der Waals surface area (Å²) in [6.07, 6.45) is 6.67. The van der Waals surface area contributed by atoms with Crippen LogP contribution in [0.15, 0.2) is 18.5 Å². The highest BCUT2D eigenvalue weighted by atomic mass is 14.9. The Kier molecular flexibility index (Phi) is 3.60. The van der Waals surface area contributed by atoms with Crippen molar-refractivity contribution in [1.29, 1.82) is 0 Å². The van der Waals surface area contributed by atoms with Gasteiger partial charge in [-0.25, -0.2) is 0 Å². The normalized spacial score (nSPS) is 21.6. The minimum absolute atomic E-state index is 0.897. The zero-order valence-corrected chi connectivity index (χ0v) is 8.55. The Morgan fingerprint density at radius 1 is 1.50 bits per heavy atom. The number of aromatic amines is 1. The van der Waals surface area contributed by atoms with Crippen LogP contribution in [0.4, 0.5) is 0 Å². The van der Waals surface area contributed by atoms with Gasteiger partial charge in [0.25, 0.3) is 0 Å². The smallest absolute Gasteiger partial charge is 0.0220 e. The molecule has 1 saturated heterocycles. The van der Waals surface area contributed by atoms with Crippen molar-refractivity contribution in [2.24, 2.45) is 5.92 Å². The maximum atomic E-state index is 3.47. The van der Waals surface area contributed by atoms with E-state index in [9.17, 15) is 0 Å². The number of hydrogen-bond donors (Lipinski definition) is 3. The Balaban J connectivity index is 1.55. The highest BCUT2D eigenvalue weighted by Crippen LogP contribution is 2.10. The summed E-state index contributed by atoms with van der Waals surface area (Å²) >= 11 is 0. The van der Waals surface area contributed by atoms with Crippen LogP contribution in [0, 0.1) is 5.92 Å². The second-order valence-electron chi connectivity index (χ2n) is 4.04. The van der Waals surface area contributed by atoms with E-state index in [2.05, 4.69) is 21.7 Å². The molecule has 0 aliphatic carbocycles. The first-order valence-corrected chi connectivity index (χ1v) is 5.48. The zero-order valence-electron chi connectivity index (χ0n) is 8.55. The maximum absolute atomic E-state index is 3.47. The highest BCUT2D eigenvalue weighted by molar-refractivity contribution is 5.07. The number of H-pyrrole nitrogens is 1. The number of aromatic nitrogens is 1. The summed E-state index contributed by atoms with van der Waals surface area (Å²) in [6, 6.07) is 2.12. The molecule has 14 heavy (non-hydrogen) atoms. The summed E-state index contributed by atoms with van der Waals surface area (Å²) in [5.41, 5.74) is 1.34. The fourth-order valence-corrected chi connectivity index (χ4v) is 1.97. The number of hydrogen-bond acceptors (Lipinski definition) is 2. The van der Waals surface area contributed by atoms with Gasteiger partial charge < -0.3 is 15.6 Å². The molecular weight excluding hydrogens is 174 g/mol. The van der Waals surface area contributed by atoms with Crippen molar-refractivity contribution in [1.82, 2.24) is 15.6 Å². The van der Waals surface area contributed by atoms with Crippen LogP contribution in [0.1, 0.15) is 18.4 Å². The second-order valence-corrected chi connectivity index (χ2v) is 4.04. The topological polar surface area (TPSA) is 39.8 Å². The van der Waals surface area contributed by atoms with Gasteiger partial charge in [-0.3, -0.25) is 0 Å². The lowest BCUT2D eigenvalue weighted by molar-refractivity contribution is 0.500. The lowest BCUT2D eigenvalue weighted by Gasteiger charge is -2.08. The molecule has 1 aliphatic rings. The molecule has 1 fully saturated rings. The molecule has 0 radical (unpaired) electrons. The van der Waals surface area contributed by atoms with Gasteiger partial charge in [0.15, 0.2) is 0 Å². The standard InChI is InChI=1S/C11H19N3/c1-4-12-7-10(1)2-5-13-8-11-3-6-14-9-11/h3,6,9-10,12-14H,1-2,4-5,7-8H2. The molecule has 3 nitrogen and oxygen atoms in total. The van der Waals surface area contributed by atoms with E-state index >= 15 is 0 Å². The number of nitrogens with one attached hydrogen (secondary N) is 3. The molecule has 78 valence electrons. The van der Waals surface area contributed by atoms with E-state index in [-0.39, 0.29) is 0 Å². The van der Waals surface area contributed by atoms with Gasteiger partial charge >= 0.3 is 0 Å². The van der Waals surface area contributed by atoms with Gasteiger partial charge in [-0.15, -0.1) is 0 Å². The fourth-order valence-electron chi connectivity index (χ4n) is 1.97. The van der Waals surface area contributed by atoms with Crippen LogP contribution in [0.5, 0.6) is 0 Å². The van der Waals surface area contributed by atoms with E-state index in [0.29, 0.717) is 0 Å². The summed E-state index contributed by atoms with van der Waals surface area (Å²) in [7, 11) is 0. The van der Waals surface area contributed by atoms with Crippen LogP contribution in [-0.4, -0.2) is 24.6 Å². The third-order valence-corrected chi connectivity index (χ3v) is 2.88. The van der Waals surface area contributed by atoms with E-state index < -0.39 is 0 Å². The van der Waals surface area contributed by atoms with Crippen LogP contribution in [-0.2, 0) is 6.54 Å². The molecule has 2 heterocycles. The molecule has 1 aromatic rings. The average Bonchev–Trinajstić information content (AvgIpc) is 2.86. The van der Waals surface area contributed by atoms with Crippen molar-refractivity contribution in [3.63, 3.8) is 0 Å². The van der Waals surface area contributed by atoms with Gasteiger partial charge in [-0.1, -0.05) is 0 Å². The lowest BCUT2D eigenvalue weighted by atomic mass is 10.1. The number of rotatable bonds is 5. The van der Waals surface area contributed by atoms with Gasteiger partial charge in [0.2, 0.25) is 0 Å². The molecule has 0 aromatic carbocycles. The first-order valence-electron chi connectivity index (χ1n) is 5.48. The first-order chi connectivity index (χ1) is 6.95. The summed E-state index contributed by atoms with van der Waals surface area (Å²) in [4.78, 5) is 3.06. The van der Waals surface area contributed by atoms with Gasteiger partial charge in [0.05, 0.1) is 0 Å². The van der Waals surface area contributed by atoms with E-state index in [1.807, 2.05) is 12.4 Å². The molecule has 3 N–H and O–H groups in total. The predicted molar refractivity (Wildman–Crippen MR) is 58.1 cm³/mol. The Bertz CT molecular complexity index is 237. The molecule has 0 spiro atoms. The fraction of sp³-hybridized carbons (Fsp3) is 0.636. The maximum Gasteiger partial charge on any atom is 0.0220 e. The molecule has 0 bridgehead atoms. The van der Waals surface area contributed by atoms with Crippen molar-refractivity contribution in [2.75, 3.05) is 19.6 Å². The van der Waals surface area contributed by atoms with Crippen LogP contribution in [0.2, 0.25) is 0 Å². The Morgan fingerprint density at radius 3 is 3.21 bits per heavy atom. The zero-order chi connectivity index (χ0) is 9.64. The van der Waals surface area contributed by atoms with Gasteiger partial charge in [0.1, 0.15) is 0 Å². The highest BCUT2D eigenvalue weighted by Gasteiger charge is 2.12. The average molecular weight is 193 g/mol. The van der Waals surface area contributed by atoms with E-state index in [0.717, 1.165) is 19.0 Å². The third-order valence-electron chi connectivity index (χ3n) is 2.88. The van der Waals surface area contributed by atoms with Gasteiger partial charge in [0, 0.05) is 18.9 Å².